The highest BCUT2D eigenvalue weighted by Crippen LogP contribution is 2.51. The summed E-state index contributed by atoms with van der Waals surface area (Å²) in [6.45, 7) is 1.06. The molecule has 4 aromatic rings. The van der Waals surface area contributed by atoms with E-state index >= 15 is 4.39 Å². The molecule has 0 radical (unpaired) electrons. The Morgan fingerprint density at radius 1 is 1.30 bits per heavy atom. The molecule has 0 unspecified atom stereocenters. The standard InChI is InChI=1S/C31H28ClF5N6O3S/c1-13(44)18-11-45-26-22-25(24(37)21(23(26)32)15-3-4-17(34)27-20(15)16(8-38)28(39)47-27)40-30(41-29(22)43(18)10-19(35)36)46-12-31-5-2-6-42(31)9-14(33)7-31/h3-4,13-14,18-19,44H,2,5-7,9-12,39H2,1H3/t13-,14-,18-,31+/m1/s1. The summed E-state index contributed by atoms with van der Waals surface area (Å²) in [6, 6.07) is 2.86. The van der Waals surface area contributed by atoms with Crippen LogP contribution in [0.3, 0.4) is 0 Å². The summed E-state index contributed by atoms with van der Waals surface area (Å²) in [5, 5.41) is 20.1. The molecule has 2 fully saturated rings. The maximum Gasteiger partial charge on any atom is 0.319 e. The van der Waals surface area contributed by atoms with Gasteiger partial charge < -0.3 is 25.2 Å². The molecule has 9 nitrogen and oxygen atoms in total. The number of fused-ring (bicyclic) bond motifs is 2. The van der Waals surface area contributed by atoms with Crippen LogP contribution in [0, 0.1) is 23.0 Å². The lowest BCUT2D eigenvalue weighted by molar-refractivity contribution is 0.105. The van der Waals surface area contributed by atoms with Crippen molar-refractivity contribution >= 4 is 54.7 Å². The van der Waals surface area contributed by atoms with Crippen molar-refractivity contribution in [1.82, 2.24) is 14.9 Å². The predicted molar refractivity (Wildman–Crippen MR) is 167 cm³/mol. The molecular weight excluding hydrogens is 667 g/mol. The third kappa shape index (κ3) is 5.08. The summed E-state index contributed by atoms with van der Waals surface area (Å²) in [5.41, 5.74) is 4.65. The number of benzene rings is 2. The molecule has 0 amide bonds. The second kappa shape index (κ2) is 11.8. The average molecular weight is 695 g/mol. The first-order valence-corrected chi connectivity index (χ1v) is 16.1. The number of ether oxygens (including phenoxy) is 2. The SMILES string of the molecule is C[C@@H](O)[C@H]1COc2c(Cl)c(-c3ccc(F)c4sc(N)c(C#N)c34)c(F)c3nc(OC[C@@]45CCCN4C[C@H](F)C5)nc(c23)N1CC(F)F. The van der Waals surface area contributed by atoms with E-state index in [9.17, 15) is 27.9 Å². The number of aliphatic hydroxyl groups is 1. The molecule has 4 atom stereocenters. The van der Waals surface area contributed by atoms with Crippen LogP contribution in [-0.2, 0) is 0 Å². The number of aliphatic hydroxyl groups excluding tert-OH is 1. The van der Waals surface area contributed by atoms with Gasteiger partial charge >= 0.3 is 6.01 Å². The molecular formula is C31H28ClF5N6O3S. The summed E-state index contributed by atoms with van der Waals surface area (Å²) in [5.74, 6) is -2.07. The molecule has 5 heterocycles. The van der Waals surface area contributed by atoms with Crippen molar-refractivity contribution in [3.8, 4) is 29.0 Å². The second-order valence-electron chi connectivity index (χ2n) is 12.2. The molecule has 0 aliphatic carbocycles. The van der Waals surface area contributed by atoms with E-state index < -0.39 is 54.0 Å². The molecule has 3 N–H and O–H groups in total. The molecule has 0 saturated carbocycles. The van der Waals surface area contributed by atoms with Gasteiger partial charge in [-0.15, -0.1) is 11.3 Å². The number of anilines is 2. The molecule has 3 aliphatic rings. The summed E-state index contributed by atoms with van der Waals surface area (Å²) in [6.07, 6.45) is -3.43. The second-order valence-corrected chi connectivity index (χ2v) is 13.6. The number of nitrogens with two attached hydrogens (primary N) is 1. The minimum atomic E-state index is -2.89. The first-order valence-electron chi connectivity index (χ1n) is 14.9. The van der Waals surface area contributed by atoms with Gasteiger partial charge in [0.15, 0.2) is 11.6 Å². The van der Waals surface area contributed by atoms with Crippen molar-refractivity contribution in [2.24, 2.45) is 0 Å². The van der Waals surface area contributed by atoms with Gasteiger partial charge in [0.25, 0.3) is 6.43 Å². The Hall–Kier alpha value is -3.71. The number of hydrogen-bond donors (Lipinski definition) is 2. The number of nitrogens with zero attached hydrogens (tertiary/aromatic N) is 5. The zero-order valence-corrected chi connectivity index (χ0v) is 26.4. The van der Waals surface area contributed by atoms with Crippen LogP contribution < -0.4 is 20.1 Å². The maximum atomic E-state index is 17.0. The fourth-order valence-corrected chi connectivity index (χ4v) is 8.50. The van der Waals surface area contributed by atoms with Crippen molar-refractivity contribution in [2.75, 3.05) is 43.5 Å². The zero-order chi connectivity index (χ0) is 33.4. The van der Waals surface area contributed by atoms with E-state index in [2.05, 4.69) is 9.97 Å². The largest absolute Gasteiger partial charge is 0.489 e. The van der Waals surface area contributed by atoms with Gasteiger partial charge in [-0.25, -0.2) is 22.0 Å². The molecule has 16 heteroatoms. The fourth-order valence-electron chi connectivity index (χ4n) is 7.22. The van der Waals surface area contributed by atoms with Crippen LogP contribution in [0.5, 0.6) is 11.8 Å². The molecule has 248 valence electrons. The van der Waals surface area contributed by atoms with Gasteiger partial charge in [-0.3, -0.25) is 4.90 Å². The van der Waals surface area contributed by atoms with Crippen LogP contribution >= 0.6 is 22.9 Å². The highest BCUT2D eigenvalue weighted by atomic mass is 35.5. The van der Waals surface area contributed by atoms with E-state index in [0.29, 0.717) is 13.0 Å². The zero-order valence-electron chi connectivity index (χ0n) is 24.9. The summed E-state index contributed by atoms with van der Waals surface area (Å²) < 4.78 is 86.5. The molecule has 2 saturated heterocycles. The third-order valence-corrected chi connectivity index (χ3v) is 10.7. The van der Waals surface area contributed by atoms with Crippen LogP contribution in [0.15, 0.2) is 12.1 Å². The van der Waals surface area contributed by atoms with Crippen LogP contribution in [0.25, 0.3) is 32.1 Å². The van der Waals surface area contributed by atoms with Crippen molar-refractivity contribution in [1.29, 1.82) is 5.26 Å². The Bertz CT molecular complexity index is 1960. The van der Waals surface area contributed by atoms with E-state index in [1.54, 1.807) is 0 Å². The monoisotopic (exact) mass is 694 g/mol. The minimum Gasteiger partial charge on any atom is -0.489 e. The Kier molecular flexibility index (Phi) is 7.98. The number of halogens is 6. The normalized spacial score (nSPS) is 23.3. The number of nitriles is 1. The quantitative estimate of drug-likeness (QED) is 0.222. The number of rotatable bonds is 7. The van der Waals surface area contributed by atoms with Gasteiger partial charge in [-0.05, 0) is 37.9 Å². The van der Waals surface area contributed by atoms with Crippen molar-refractivity contribution in [3.63, 3.8) is 0 Å². The van der Waals surface area contributed by atoms with Crippen LogP contribution in [-0.4, -0.2) is 83.1 Å². The molecule has 7 rings (SSSR count). The molecule has 2 aromatic carbocycles. The van der Waals surface area contributed by atoms with Crippen molar-refractivity contribution in [2.45, 2.75) is 56.5 Å². The number of hydrogen-bond acceptors (Lipinski definition) is 10. The molecule has 0 bridgehead atoms. The lowest BCUT2D eigenvalue weighted by Gasteiger charge is -2.33. The van der Waals surface area contributed by atoms with E-state index in [-0.39, 0.29) is 85.9 Å². The van der Waals surface area contributed by atoms with Crippen LogP contribution in [0.4, 0.5) is 32.8 Å². The van der Waals surface area contributed by atoms with E-state index in [1.807, 2.05) is 11.0 Å². The number of alkyl halides is 3. The van der Waals surface area contributed by atoms with E-state index in [1.165, 1.54) is 13.0 Å². The van der Waals surface area contributed by atoms with E-state index in [0.717, 1.165) is 28.7 Å². The smallest absolute Gasteiger partial charge is 0.319 e. The highest BCUT2D eigenvalue weighted by molar-refractivity contribution is 7.23. The van der Waals surface area contributed by atoms with Gasteiger partial charge in [-0.2, -0.15) is 15.2 Å². The first-order chi connectivity index (χ1) is 22.4. The molecule has 0 spiro atoms. The Morgan fingerprint density at radius 2 is 2.09 bits per heavy atom. The molecule has 3 aliphatic heterocycles. The first kappa shape index (κ1) is 31.9. The van der Waals surface area contributed by atoms with Gasteiger partial charge in [-0.1, -0.05) is 17.7 Å². The number of nitrogen functional groups attached to an aromatic ring is 1. The maximum absolute atomic E-state index is 17.0. The summed E-state index contributed by atoms with van der Waals surface area (Å²) in [7, 11) is 0. The predicted octanol–water partition coefficient (Wildman–Crippen LogP) is 6.07. The fraction of sp³-hybridized carbons (Fsp3) is 0.452. The Balaban J connectivity index is 1.48. The van der Waals surface area contributed by atoms with Gasteiger partial charge in [0.2, 0.25) is 0 Å². The topological polar surface area (TPSA) is 121 Å². The highest BCUT2D eigenvalue weighted by Gasteiger charge is 2.49. The average Bonchev–Trinajstić information content (AvgIpc) is 3.63. The van der Waals surface area contributed by atoms with Crippen LogP contribution in [0.2, 0.25) is 5.02 Å². The molecule has 2 aromatic heterocycles. The third-order valence-electron chi connectivity index (χ3n) is 9.34. The van der Waals surface area contributed by atoms with E-state index in [4.69, 9.17) is 26.8 Å². The van der Waals surface area contributed by atoms with Crippen LogP contribution in [0.1, 0.15) is 31.7 Å². The number of thiophene rings is 1. The van der Waals surface area contributed by atoms with Crippen molar-refractivity contribution in [3.05, 3.63) is 34.4 Å². The number of aromatic nitrogens is 2. The van der Waals surface area contributed by atoms with Gasteiger partial charge in [0.1, 0.15) is 47.6 Å². The Labute approximate surface area is 274 Å². The lowest BCUT2D eigenvalue weighted by atomic mass is 9.95. The summed E-state index contributed by atoms with van der Waals surface area (Å²) in [4.78, 5) is 11.9. The van der Waals surface area contributed by atoms with Crippen molar-refractivity contribution < 1.29 is 36.5 Å². The van der Waals surface area contributed by atoms with Gasteiger partial charge in [0, 0.05) is 23.9 Å². The lowest BCUT2D eigenvalue weighted by Crippen LogP contribution is -2.48. The minimum absolute atomic E-state index is 0.00619. The Morgan fingerprint density at radius 3 is 2.81 bits per heavy atom. The molecule has 47 heavy (non-hydrogen) atoms. The van der Waals surface area contributed by atoms with Gasteiger partial charge in [0.05, 0.1) is 44.9 Å². The summed E-state index contributed by atoms with van der Waals surface area (Å²) >= 11 is 7.68.